The summed E-state index contributed by atoms with van der Waals surface area (Å²) in [6.07, 6.45) is -4.24. The van der Waals surface area contributed by atoms with Gasteiger partial charge in [-0.2, -0.15) is 13.2 Å². The smallest absolute Gasteiger partial charge is 0.371 e. The SMILES string of the molecule is CCONCCOCC(F)(F)F. The standard InChI is InChI=1S/C6H12F3NO2/c1-2-12-10-3-4-11-5-6(7,8)9/h10H,2-5H2,1H3. The lowest BCUT2D eigenvalue weighted by Gasteiger charge is -2.07. The van der Waals surface area contributed by atoms with Crippen LogP contribution in [0.4, 0.5) is 13.2 Å². The number of hydroxylamine groups is 1. The van der Waals surface area contributed by atoms with Crippen molar-refractivity contribution >= 4 is 0 Å². The van der Waals surface area contributed by atoms with E-state index in [-0.39, 0.29) is 13.2 Å². The Balaban J connectivity index is 3.01. The van der Waals surface area contributed by atoms with Gasteiger partial charge in [0.05, 0.1) is 13.2 Å². The summed E-state index contributed by atoms with van der Waals surface area (Å²) in [5.74, 6) is 0. The van der Waals surface area contributed by atoms with Crippen molar-refractivity contribution in [3.63, 3.8) is 0 Å². The fourth-order valence-corrected chi connectivity index (χ4v) is 0.476. The predicted octanol–water partition coefficient (Wildman–Crippen LogP) is 1.11. The monoisotopic (exact) mass is 187 g/mol. The molecule has 0 radical (unpaired) electrons. The molecule has 0 saturated heterocycles. The van der Waals surface area contributed by atoms with Gasteiger partial charge < -0.3 is 9.57 Å². The molecule has 0 spiro atoms. The van der Waals surface area contributed by atoms with Crippen LogP contribution >= 0.6 is 0 Å². The maximum Gasteiger partial charge on any atom is 0.411 e. The van der Waals surface area contributed by atoms with E-state index < -0.39 is 12.8 Å². The van der Waals surface area contributed by atoms with Crippen LogP contribution in [0.1, 0.15) is 6.92 Å². The van der Waals surface area contributed by atoms with Crippen molar-refractivity contribution in [3.8, 4) is 0 Å². The van der Waals surface area contributed by atoms with Crippen molar-refractivity contribution in [1.29, 1.82) is 0 Å². The minimum absolute atomic E-state index is 0.0144. The van der Waals surface area contributed by atoms with Gasteiger partial charge >= 0.3 is 6.18 Å². The molecule has 6 heteroatoms. The normalized spacial score (nSPS) is 12.0. The molecule has 0 rings (SSSR count). The number of rotatable bonds is 6. The molecule has 3 nitrogen and oxygen atoms in total. The molecule has 0 aliphatic carbocycles. The van der Waals surface area contributed by atoms with E-state index in [1.165, 1.54) is 0 Å². The zero-order valence-corrected chi connectivity index (χ0v) is 6.78. The zero-order valence-electron chi connectivity index (χ0n) is 6.78. The summed E-state index contributed by atoms with van der Waals surface area (Å²) >= 11 is 0. The molecule has 1 N–H and O–H groups in total. The molecular formula is C6H12F3NO2. The van der Waals surface area contributed by atoms with Crippen molar-refractivity contribution in [1.82, 2.24) is 5.48 Å². The van der Waals surface area contributed by atoms with Crippen LogP contribution in [-0.4, -0.2) is 32.5 Å². The molecule has 0 bridgehead atoms. The Bertz CT molecular complexity index is 107. The lowest BCUT2D eigenvalue weighted by atomic mass is 10.7. The molecule has 0 aromatic rings. The highest BCUT2D eigenvalue weighted by Gasteiger charge is 2.27. The Morgan fingerprint density at radius 1 is 1.33 bits per heavy atom. The van der Waals surface area contributed by atoms with Crippen molar-refractivity contribution in [2.75, 3.05) is 26.4 Å². The summed E-state index contributed by atoms with van der Waals surface area (Å²) in [5, 5.41) is 0. The van der Waals surface area contributed by atoms with Crippen LogP contribution in [-0.2, 0) is 9.57 Å². The van der Waals surface area contributed by atoms with E-state index in [0.29, 0.717) is 6.61 Å². The first-order valence-electron chi connectivity index (χ1n) is 3.55. The molecule has 12 heavy (non-hydrogen) atoms. The van der Waals surface area contributed by atoms with Gasteiger partial charge in [0.2, 0.25) is 0 Å². The topological polar surface area (TPSA) is 30.5 Å². The lowest BCUT2D eigenvalue weighted by Crippen LogP contribution is -2.24. The first kappa shape index (κ1) is 11.7. The zero-order chi connectivity index (χ0) is 9.45. The summed E-state index contributed by atoms with van der Waals surface area (Å²) in [5.41, 5.74) is 2.43. The summed E-state index contributed by atoms with van der Waals surface area (Å²) in [6.45, 7) is 1.27. The van der Waals surface area contributed by atoms with Gasteiger partial charge in [0.1, 0.15) is 6.61 Å². The third-order valence-corrected chi connectivity index (χ3v) is 0.861. The fourth-order valence-electron chi connectivity index (χ4n) is 0.476. The molecule has 0 atom stereocenters. The van der Waals surface area contributed by atoms with Crippen LogP contribution in [0.5, 0.6) is 0 Å². The van der Waals surface area contributed by atoms with Gasteiger partial charge in [-0.3, -0.25) is 0 Å². The third kappa shape index (κ3) is 9.67. The average Bonchev–Trinajstić information content (AvgIpc) is 1.94. The van der Waals surface area contributed by atoms with Gasteiger partial charge in [-0.15, -0.1) is 0 Å². The number of alkyl halides is 3. The number of hydrogen-bond acceptors (Lipinski definition) is 3. The van der Waals surface area contributed by atoms with Crippen LogP contribution in [0.25, 0.3) is 0 Å². The Morgan fingerprint density at radius 2 is 2.00 bits per heavy atom. The van der Waals surface area contributed by atoms with E-state index in [1.54, 1.807) is 6.92 Å². The maximum atomic E-state index is 11.5. The van der Waals surface area contributed by atoms with Crippen LogP contribution in [0.15, 0.2) is 0 Å². The molecule has 0 amide bonds. The molecule has 0 aromatic heterocycles. The van der Waals surface area contributed by atoms with E-state index >= 15 is 0 Å². The first-order valence-corrected chi connectivity index (χ1v) is 3.55. The van der Waals surface area contributed by atoms with E-state index in [2.05, 4.69) is 15.1 Å². The fraction of sp³-hybridized carbons (Fsp3) is 1.00. The molecular weight excluding hydrogens is 175 g/mol. The lowest BCUT2D eigenvalue weighted by molar-refractivity contribution is -0.174. The third-order valence-electron chi connectivity index (χ3n) is 0.861. The Morgan fingerprint density at radius 3 is 2.50 bits per heavy atom. The second-order valence-corrected chi connectivity index (χ2v) is 2.00. The van der Waals surface area contributed by atoms with E-state index in [0.717, 1.165) is 0 Å². The Hall–Kier alpha value is -0.330. The molecule has 0 heterocycles. The Labute approximate surface area is 68.8 Å². The molecule has 0 unspecified atom stereocenters. The van der Waals surface area contributed by atoms with E-state index in [9.17, 15) is 13.2 Å². The van der Waals surface area contributed by atoms with Gasteiger partial charge in [0.25, 0.3) is 0 Å². The first-order chi connectivity index (χ1) is 5.56. The van der Waals surface area contributed by atoms with Gasteiger partial charge in [-0.25, -0.2) is 5.48 Å². The number of ether oxygens (including phenoxy) is 1. The van der Waals surface area contributed by atoms with Gasteiger partial charge in [-0.05, 0) is 6.92 Å². The Kier molecular flexibility index (Phi) is 6.04. The average molecular weight is 187 g/mol. The molecule has 0 aromatic carbocycles. The van der Waals surface area contributed by atoms with E-state index in [1.807, 2.05) is 0 Å². The van der Waals surface area contributed by atoms with Crippen LogP contribution in [0.2, 0.25) is 0 Å². The summed E-state index contributed by atoms with van der Waals surface area (Å²) < 4.78 is 38.6. The van der Waals surface area contributed by atoms with Gasteiger partial charge in [0, 0.05) is 6.54 Å². The summed E-state index contributed by atoms with van der Waals surface area (Å²) in [7, 11) is 0. The quantitative estimate of drug-likeness (QED) is 0.499. The minimum atomic E-state index is -4.24. The molecule has 74 valence electrons. The largest absolute Gasteiger partial charge is 0.411 e. The summed E-state index contributed by atoms with van der Waals surface area (Å²) in [6, 6.07) is 0. The highest BCUT2D eigenvalue weighted by atomic mass is 19.4. The van der Waals surface area contributed by atoms with Crippen molar-refractivity contribution in [2.45, 2.75) is 13.1 Å². The van der Waals surface area contributed by atoms with Crippen molar-refractivity contribution in [2.24, 2.45) is 0 Å². The molecule has 0 fully saturated rings. The minimum Gasteiger partial charge on any atom is -0.371 e. The van der Waals surface area contributed by atoms with Gasteiger partial charge in [0.15, 0.2) is 0 Å². The van der Waals surface area contributed by atoms with Crippen LogP contribution in [0, 0.1) is 0 Å². The molecule has 0 aliphatic rings. The number of hydrogen-bond donors (Lipinski definition) is 1. The second kappa shape index (κ2) is 6.22. The predicted molar refractivity (Wildman–Crippen MR) is 36.5 cm³/mol. The van der Waals surface area contributed by atoms with Crippen LogP contribution < -0.4 is 5.48 Å². The number of halogens is 3. The van der Waals surface area contributed by atoms with Crippen molar-refractivity contribution in [3.05, 3.63) is 0 Å². The van der Waals surface area contributed by atoms with Crippen molar-refractivity contribution < 1.29 is 22.7 Å². The summed E-state index contributed by atoms with van der Waals surface area (Å²) in [4.78, 5) is 4.65. The highest BCUT2D eigenvalue weighted by molar-refractivity contribution is 4.45. The van der Waals surface area contributed by atoms with E-state index in [4.69, 9.17) is 0 Å². The maximum absolute atomic E-state index is 11.5. The second-order valence-electron chi connectivity index (χ2n) is 2.00. The molecule has 0 aliphatic heterocycles. The number of nitrogens with one attached hydrogen (secondary N) is 1. The highest BCUT2D eigenvalue weighted by Crippen LogP contribution is 2.13. The van der Waals surface area contributed by atoms with Gasteiger partial charge in [-0.1, -0.05) is 0 Å². The van der Waals surface area contributed by atoms with Crippen LogP contribution in [0.3, 0.4) is 0 Å². The molecule has 0 saturated carbocycles.